The van der Waals surface area contributed by atoms with Gasteiger partial charge >= 0.3 is 5.97 Å². The van der Waals surface area contributed by atoms with Crippen LogP contribution >= 0.6 is 0 Å². The first-order chi connectivity index (χ1) is 8.48. The maximum atomic E-state index is 11.4. The van der Waals surface area contributed by atoms with Crippen molar-refractivity contribution >= 4 is 21.7 Å². The molecule has 0 atom stereocenters. The highest BCUT2D eigenvalue weighted by atomic mass is 32.2. The van der Waals surface area contributed by atoms with E-state index in [1.165, 1.54) is 30.3 Å². The van der Waals surface area contributed by atoms with Crippen LogP contribution in [0.1, 0.15) is 17.3 Å². The molecule has 0 radical (unpaired) electrons. The Morgan fingerprint density at radius 2 is 2.00 bits per heavy atom. The van der Waals surface area contributed by atoms with Gasteiger partial charge in [0.15, 0.2) is 0 Å². The number of hydrogen-bond donors (Lipinski definition) is 1. The Labute approximate surface area is 107 Å². The molecule has 0 bridgehead atoms. The molecule has 98 valence electrons. The Morgan fingerprint density at radius 1 is 1.39 bits per heavy atom. The van der Waals surface area contributed by atoms with Gasteiger partial charge in [-0.25, -0.2) is 13.2 Å². The van der Waals surface area contributed by atoms with Crippen LogP contribution in [0.4, 0.5) is 5.69 Å². The second kappa shape index (κ2) is 6.20. The summed E-state index contributed by atoms with van der Waals surface area (Å²) in [5.74, 6) is -0.593. The van der Waals surface area contributed by atoms with E-state index in [0.29, 0.717) is 17.9 Å². The average molecular weight is 269 g/mol. The zero-order valence-electron chi connectivity index (χ0n) is 10.0. The van der Waals surface area contributed by atoms with Crippen LogP contribution < -0.4 is 4.72 Å². The summed E-state index contributed by atoms with van der Waals surface area (Å²) in [5, 5.41) is 0. The van der Waals surface area contributed by atoms with Gasteiger partial charge in [-0.3, -0.25) is 4.72 Å². The molecule has 0 heterocycles. The summed E-state index contributed by atoms with van der Waals surface area (Å²) in [4.78, 5) is 11.4. The normalized spacial score (nSPS) is 10.7. The van der Waals surface area contributed by atoms with E-state index in [-0.39, 0.29) is 5.75 Å². The van der Waals surface area contributed by atoms with Gasteiger partial charge in [0.1, 0.15) is 0 Å². The summed E-state index contributed by atoms with van der Waals surface area (Å²) in [7, 11) is -3.41. The molecular weight excluding hydrogens is 254 g/mol. The number of carbonyl (C=O) groups is 1. The molecule has 0 amide bonds. The molecule has 0 spiro atoms. The van der Waals surface area contributed by atoms with Crippen molar-refractivity contribution in [2.24, 2.45) is 0 Å². The van der Waals surface area contributed by atoms with Crippen LogP contribution in [-0.2, 0) is 14.8 Å². The maximum Gasteiger partial charge on any atom is 0.338 e. The van der Waals surface area contributed by atoms with Crippen molar-refractivity contribution in [3.63, 3.8) is 0 Å². The standard InChI is InChI=1S/C12H15NO4S/c1-3-9-18(15,16)13-11-7-5-10(6-8-11)12(14)17-4-2/h3,5-8,13H,1,4,9H2,2H3. The van der Waals surface area contributed by atoms with Crippen LogP contribution in [0.15, 0.2) is 36.9 Å². The number of carbonyl (C=O) groups excluding carboxylic acids is 1. The SMILES string of the molecule is C=CCS(=O)(=O)Nc1ccc(C(=O)OCC)cc1. The van der Waals surface area contributed by atoms with Gasteiger partial charge in [-0.05, 0) is 31.2 Å². The van der Waals surface area contributed by atoms with Crippen molar-refractivity contribution in [3.05, 3.63) is 42.5 Å². The van der Waals surface area contributed by atoms with Gasteiger partial charge in [0.05, 0.1) is 17.9 Å². The Morgan fingerprint density at radius 3 is 2.50 bits per heavy atom. The van der Waals surface area contributed by atoms with E-state index in [1.807, 2.05) is 0 Å². The monoisotopic (exact) mass is 269 g/mol. The first kappa shape index (κ1) is 14.2. The van der Waals surface area contributed by atoms with E-state index in [1.54, 1.807) is 6.92 Å². The molecule has 1 aromatic rings. The van der Waals surface area contributed by atoms with Gasteiger partial charge in [0.25, 0.3) is 0 Å². The van der Waals surface area contributed by atoms with Crippen molar-refractivity contribution < 1.29 is 17.9 Å². The number of sulfonamides is 1. The molecule has 0 aliphatic rings. The molecule has 0 saturated heterocycles. The minimum absolute atomic E-state index is 0.160. The summed E-state index contributed by atoms with van der Waals surface area (Å²) in [6.45, 7) is 5.38. The van der Waals surface area contributed by atoms with Gasteiger partial charge < -0.3 is 4.74 Å². The minimum atomic E-state index is -3.41. The van der Waals surface area contributed by atoms with E-state index in [2.05, 4.69) is 11.3 Å². The Bertz CT molecular complexity index is 520. The number of esters is 1. The highest BCUT2D eigenvalue weighted by molar-refractivity contribution is 7.92. The molecule has 0 fully saturated rings. The van der Waals surface area contributed by atoms with Crippen molar-refractivity contribution in [1.82, 2.24) is 0 Å². The zero-order valence-corrected chi connectivity index (χ0v) is 10.9. The maximum absolute atomic E-state index is 11.4. The largest absolute Gasteiger partial charge is 0.462 e. The van der Waals surface area contributed by atoms with Crippen LogP contribution in [-0.4, -0.2) is 26.7 Å². The fourth-order valence-electron chi connectivity index (χ4n) is 1.27. The fraction of sp³-hybridized carbons (Fsp3) is 0.250. The predicted octanol–water partition coefficient (Wildman–Crippen LogP) is 1.79. The third kappa shape index (κ3) is 4.21. The van der Waals surface area contributed by atoms with E-state index in [9.17, 15) is 13.2 Å². The van der Waals surface area contributed by atoms with Crippen molar-refractivity contribution in [3.8, 4) is 0 Å². The lowest BCUT2D eigenvalue weighted by Gasteiger charge is -2.07. The van der Waals surface area contributed by atoms with Gasteiger partial charge in [0, 0.05) is 5.69 Å². The van der Waals surface area contributed by atoms with Crippen molar-refractivity contribution in [2.75, 3.05) is 17.1 Å². The molecule has 18 heavy (non-hydrogen) atoms. The highest BCUT2D eigenvalue weighted by Crippen LogP contribution is 2.12. The van der Waals surface area contributed by atoms with Gasteiger partial charge in [0.2, 0.25) is 10.0 Å². The number of hydrogen-bond acceptors (Lipinski definition) is 4. The molecular formula is C12H15NO4S. The number of anilines is 1. The van der Waals surface area contributed by atoms with Crippen LogP contribution in [0, 0.1) is 0 Å². The summed E-state index contributed by atoms with van der Waals surface area (Å²) < 4.78 is 30.1. The lowest BCUT2D eigenvalue weighted by Crippen LogP contribution is -2.15. The van der Waals surface area contributed by atoms with Crippen LogP contribution in [0.25, 0.3) is 0 Å². The number of rotatable bonds is 6. The van der Waals surface area contributed by atoms with Crippen LogP contribution in [0.5, 0.6) is 0 Å². The van der Waals surface area contributed by atoms with Gasteiger partial charge in [-0.2, -0.15) is 0 Å². The number of benzene rings is 1. The lowest BCUT2D eigenvalue weighted by atomic mass is 10.2. The molecule has 1 aromatic carbocycles. The van der Waals surface area contributed by atoms with E-state index < -0.39 is 16.0 Å². The topological polar surface area (TPSA) is 72.5 Å². The van der Waals surface area contributed by atoms with E-state index >= 15 is 0 Å². The van der Waals surface area contributed by atoms with Crippen LogP contribution in [0.3, 0.4) is 0 Å². The number of ether oxygens (including phenoxy) is 1. The molecule has 1 N–H and O–H groups in total. The summed E-state index contributed by atoms with van der Waals surface area (Å²) in [6.07, 6.45) is 1.30. The van der Waals surface area contributed by atoms with Crippen LogP contribution in [0.2, 0.25) is 0 Å². The smallest absolute Gasteiger partial charge is 0.338 e. The molecule has 5 nitrogen and oxygen atoms in total. The molecule has 0 unspecified atom stereocenters. The second-order valence-electron chi connectivity index (χ2n) is 3.47. The summed E-state index contributed by atoms with van der Waals surface area (Å²) in [6, 6.07) is 6.02. The molecule has 0 aromatic heterocycles. The molecule has 0 aliphatic carbocycles. The third-order valence-corrected chi connectivity index (χ3v) is 3.23. The summed E-state index contributed by atoms with van der Waals surface area (Å²) >= 11 is 0. The Kier molecular flexibility index (Phi) is 4.91. The predicted molar refractivity (Wildman–Crippen MR) is 70.0 cm³/mol. The Hall–Kier alpha value is -1.82. The molecule has 6 heteroatoms. The van der Waals surface area contributed by atoms with Gasteiger partial charge in [-0.1, -0.05) is 6.08 Å². The fourth-order valence-corrected chi connectivity index (χ4v) is 2.15. The van der Waals surface area contributed by atoms with Crippen molar-refractivity contribution in [2.45, 2.75) is 6.92 Å². The van der Waals surface area contributed by atoms with Gasteiger partial charge in [-0.15, -0.1) is 6.58 Å². The molecule has 1 rings (SSSR count). The first-order valence-electron chi connectivity index (χ1n) is 5.37. The third-order valence-electron chi connectivity index (χ3n) is 2.01. The second-order valence-corrected chi connectivity index (χ2v) is 5.24. The molecule has 0 saturated carbocycles. The quantitative estimate of drug-likeness (QED) is 0.631. The lowest BCUT2D eigenvalue weighted by molar-refractivity contribution is 0.0526. The van der Waals surface area contributed by atoms with Crippen molar-refractivity contribution in [1.29, 1.82) is 0 Å². The number of nitrogens with one attached hydrogen (secondary N) is 1. The first-order valence-corrected chi connectivity index (χ1v) is 7.02. The van der Waals surface area contributed by atoms with E-state index in [0.717, 1.165) is 0 Å². The van der Waals surface area contributed by atoms with E-state index in [4.69, 9.17) is 4.74 Å². The summed E-state index contributed by atoms with van der Waals surface area (Å²) in [5.41, 5.74) is 0.772. The zero-order chi connectivity index (χ0) is 13.6. The minimum Gasteiger partial charge on any atom is -0.462 e. The highest BCUT2D eigenvalue weighted by Gasteiger charge is 2.09. The average Bonchev–Trinajstić information content (AvgIpc) is 2.29. The molecule has 0 aliphatic heterocycles. The Balaban J connectivity index is 2.77.